The molecule has 0 aliphatic carbocycles. The fourth-order valence-electron chi connectivity index (χ4n) is 2.84. The summed E-state index contributed by atoms with van der Waals surface area (Å²) in [4.78, 5) is 12.5. The number of nitrogens with zero attached hydrogens (tertiary/aromatic N) is 1. The van der Waals surface area contributed by atoms with Crippen LogP contribution in [0.15, 0.2) is 42.5 Å². The first-order valence-corrected chi connectivity index (χ1v) is 10.7. The van der Waals surface area contributed by atoms with Crippen LogP contribution in [0.4, 0.5) is 18.9 Å². The molecule has 10 heteroatoms. The number of rotatable bonds is 6. The lowest BCUT2D eigenvalue weighted by molar-refractivity contribution is -0.137. The maximum atomic E-state index is 13.2. The largest absolute Gasteiger partial charge is 0.417 e. The zero-order valence-electron chi connectivity index (χ0n) is 15.9. The lowest BCUT2D eigenvalue weighted by Crippen LogP contribution is -2.47. The van der Waals surface area contributed by atoms with Gasteiger partial charge in [0, 0.05) is 6.54 Å². The van der Waals surface area contributed by atoms with Crippen molar-refractivity contribution in [3.63, 3.8) is 0 Å². The summed E-state index contributed by atoms with van der Waals surface area (Å²) in [7, 11) is -4.06. The SMILES string of the molecule is Cc1cccc(CNC(=O)C(C)N(c2ccc(Cl)c(C(F)(F)F)c2)S(C)(=O)=O)c1. The van der Waals surface area contributed by atoms with Crippen LogP contribution in [-0.2, 0) is 27.5 Å². The van der Waals surface area contributed by atoms with E-state index in [1.54, 1.807) is 6.07 Å². The van der Waals surface area contributed by atoms with Crippen molar-refractivity contribution >= 4 is 33.2 Å². The summed E-state index contributed by atoms with van der Waals surface area (Å²) in [5.74, 6) is -0.652. The summed E-state index contributed by atoms with van der Waals surface area (Å²) in [6, 6.07) is 8.77. The van der Waals surface area contributed by atoms with Crippen LogP contribution in [0.5, 0.6) is 0 Å². The van der Waals surface area contributed by atoms with Crippen molar-refractivity contribution in [2.75, 3.05) is 10.6 Å². The Balaban J connectivity index is 2.32. The number of nitrogens with one attached hydrogen (secondary N) is 1. The maximum Gasteiger partial charge on any atom is 0.417 e. The number of carbonyl (C=O) groups excluding carboxylic acids is 1. The predicted molar refractivity (Wildman–Crippen MR) is 106 cm³/mol. The molecule has 1 N–H and O–H groups in total. The molecule has 2 aromatic rings. The fraction of sp³-hybridized carbons (Fsp3) is 0.316. The second-order valence-corrected chi connectivity index (χ2v) is 8.87. The highest BCUT2D eigenvalue weighted by molar-refractivity contribution is 7.92. The Kier molecular flexibility index (Phi) is 6.85. The Labute approximate surface area is 172 Å². The van der Waals surface area contributed by atoms with Crippen LogP contribution < -0.4 is 9.62 Å². The Morgan fingerprint density at radius 2 is 1.86 bits per heavy atom. The monoisotopic (exact) mass is 448 g/mol. The summed E-state index contributed by atoms with van der Waals surface area (Å²) in [6.45, 7) is 3.34. The third-order valence-corrected chi connectivity index (χ3v) is 5.72. The molecule has 0 heterocycles. The number of aryl methyl sites for hydroxylation is 1. The van der Waals surface area contributed by atoms with Crippen molar-refractivity contribution in [2.24, 2.45) is 0 Å². The van der Waals surface area contributed by atoms with Gasteiger partial charge in [-0.15, -0.1) is 0 Å². The van der Waals surface area contributed by atoms with E-state index in [4.69, 9.17) is 11.6 Å². The molecule has 29 heavy (non-hydrogen) atoms. The van der Waals surface area contributed by atoms with E-state index in [-0.39, 0.29) is 12.2 Å². The van der Waals surface area contributed by atoms with Gasteiger partial charge in [0.25, 0.3) is 0 Å². The Hall–Kier alpha value is -2.26. The summed E-state index contributed by atoms with van der Waals surface area (Å²) in [5, 5.41) is 2.05. The van der Waals surface area contributed by atoms with Crippen LogP contribution >= 0.6 is 11.6 Å². The van der Waals surface area contributed by atoms with Crippen molar-refractivity contribution in [2.45, 2.75) is 32.6 Å². The maximum absolute atomic E-state index is 13.2. The number of amides is 1. The minimum atomic E-state index is -4.77. The van der Waals surface area contributed by atoms with Crippen molar-refractivity contribution in [1.82, 2.24) is 5.32 Å². The molecule has 0 spiro atoms. The van der Waals surface area contributed by atoms with Gasteiger partial charge >= 0.3 is 6.18 Å². The normalized spacial score (nSPS) is 13.1. The molecular formula is C19H20ClF3N2O3S. The lowest BCUT2D eigenvalue weighted by atomic mass is 10.1. The van der Waals surface area contributed by atoms with Crippen molar-refractivity contribution in [3.05, 3.63) is 64.2 Å². The van der Waals surface area contributed by atoms with E-state index < -0.39 is 38.7 Å². The number of alkyl halides is 3. The number of halogens is 4. The molecule has 0 fully saturated rings. The lowest BCUT2D eigenvalue weighted by Gasteiger charge is -2.29. The first-order chi connectivity index (χ1) is 13.3. The molecule has 2 aromatic carbocycles. The Bertz CT molecular complexity index is 1010. The van der Waals surface area contributed by atoms with E-state index in [2.05, 4.69) is 5.32 Å². The Morgan fingerprint density at radius 1 is 1.21 bits per heavy atom. The molecule has 0 aromatic heterocycles. The second kappa shape index (κ2) is 8.62. The highest BCUT2D eigenvalue weighted by Crippen LogP contribution is 2.37. The molecule has 0 radical (unpaired) electrons. The number of sulfonamides is 1. The van der Waals surface area contributed by atoms with E-state index in [1.165, 1.54) is 6.92 Å². The molecular weight excluding hydrogens is 429 g/mol. The minimum absolute atomic E-state index is 0.150. The molecule has 1 amide bonds. The van der Waals surface area contributed by atoms with E-state index >= 15 is 0 Å². The molecule has 0 aliphatic heterocycles. The molecule has 0 bridgehead atoms. The van der Waals surface area contributed by atoms with Crippen molar-refractivity contribution < 1.29 is 26.4 Å². The van der Waals surface area contributed by atoms with Crippen LogP contribution in [0.25, 0.3) is 0 Å². The van der Waals surface area contributed by atoms with Gasteiger partial charge in [0.05, 0.1) is 22.5 Å². The quantitative estimate of drug-likeness (QED) is 0.722. The van der Waals surface area contributed by atoms with Gasteiger partial charge < -0.3 is 5.32 Å². The van der Waals surface area contributed by atoms with Crippen molar-refractivity contribution in [3.8, 4) is 0 Å². The Morgan fingerprint density at radius 3 is 2.41 bits per heavy atom. The standard InChI is InChI=1S/C19H20ClF3N2O3S/c1-12-5-4-6-14(9-12)11-24-18(26)13(2)25(29(3,27)28)15-7-8-17(20)16(10-15)19(21,22)23/h4-10,13H,11H2,1-3H3,(H,24,26). The average molecular weight is 449 g/mol. The molecule has 0 aliphatic rings. The van der Waals surface area contributed by atoms with Gasteiger partial charge in [-0.25, -0.2) is 8.42 Å². The summed E-state index contributed by atoms with van der Waals surface area (Å²) in [6.07, 6.45) is -3.95. The number of hydrogen-bond acceptors (Lipinski definition) is 3. The minimum Gasteiger partial charge on any atom is -0.350 e. The van der Waals surface area contributed by atoms with Crippen LogP contribution in [0, 0.1) is 6.92 Å². The van der Waals surface area contributed by atoms with Crippen LogP contribution in [-0.4, -0.2) is 26.6 Å². The molecule has 0 saturated heterocycles. The van der Waals surface area contributed by atoms with Gasteiger partial charge in [0.15, 0.2) is 0 Å². The smallest absolute Gasteiger partial charge is 0.350 e. The molecule has 1 unspecified atom stereocenters. The highest BCUT2D eigenvalue weighted by atomic mass is 35.5. The topological polar surface area (TPSA) is 66.5 Å². The number of anilines is 1. The number of hydrogen-bond donors (Lipinski definition) is 1. The average Bonchev–Trinajstić information content (AvgIpc) is 2.59. The number of benzene rings is 2. The molecule has 5 nitrogen and oxygen atoms in total. The first kappa shape index (κ1) is 23.0. The zero-order valence-corrected chi connectivity index (χ0v) is 17.5. The van der Waals surface area contributed by atoms with E-state index in [9.17, 15) is 26.4 Å². The van der Waals surface area contributed by atoms with Crippen LogP contribution in [0.3, 0.4) is 0 Å². The fourth-order valence-corrected chi connectivity index (χ4v) is 4.23. The number of carbonyl (C=O) groups is 1. The zero-order chi connectivity index (χ0) is 22.0. The van der Waals surface area contributed by atoms with Gasteiger partial charge in [0.2, 0.25) is 15.9 Å². The van der Waals surface area contributed by atoms with E-state index in [0.717, 1.165) is 29.5 Å². The summed E-state index contributed by atoms with van der Waals surface area (Å²) < 4.78 is 64.7. The van der Waals surface area contributed by atoms with Gasteiger partial charge in [-0.3, -0.25) is 9.10 Å². The highest BCUT2D eigenvalue weighted by Gasteiger charge is 2.36. The second-order valence-electron chi connectivity index (χ2n) is 6.60. The van der Waals surface area contributed by atoms with Gasteiger partial charge in [-0.05, 0) is 37.6 Å². The van der Waals surface area contributed by atoms with Crippen molar-refractivity contribution in [1.29, 1.82) is 0 Å². The van der Waals surface area contributed by atoms with Gasteiger partial charge in [0.1, 0.15) is 6.04 Å². The first-order valence-electron chi connectivity index (χ1n) is 8.50. The molecule has 158 valence electrons. The van der Waals surface area contributed by atoms with E-state index in [0.29, 0.717) is 10.4 Å². The molecule has 2 rings (SSSR count). The van der Waals surface area contributed by atoms with E-state index in [1.807, 2.05) is 25.1 Å². The predicted octanol–water partition coefficient (Wildman–Crippen LogP) is 4.14. The molecule has 1 atom stereocenters. The molecule has 0 saturated carbocycles. The van der Waals surface area contributed by atoms with Crippen LogP contribution in [0.2, 0.25) is 5.02 Å². The summed E-state index contributed by atoms with van der Waals surface area (Å²) in [5.41, 5.74) is 0.311. The third kappa shape index (κ3) is 5.86. The summed E-state index contributed by atoms with van der Waals surface area (Å²) >= 11 is 5.60. The van der Waals surface area contributed by atoms with Crippen LogP contribution in [0.1, 0.15) is 23.6 Å². The third-order valence-electron chi connectivity index (χ3n) is 4.15. The van der Waals surface area contributed by atoms with Gasteiger partial charge in [-0.2, -0.15) is 13.2 Å². The van der Waals surface area contributed by atoms with Gasteiger partial charge in [-0.1, -0.05) is 41.4 Å².